The van der Waals surface area contributed by atoms with Crippen molar-refractivity contribution in [2.75, 3.05) is 13.2 Å². The molecular formula is C14H17NO5. The van der Waals surface area contributed by atoms with Crippen molar-refractivity contribution in [2.24, 2.45) is 0 Å². The van der Waals surface area contributed by atoms with Crippen LogP contribution in [-0.4, -0.2) is 36.2 Å². The van der Waals surface area contributed by atoms with Crippen LogP contribution in [-0.2, 0) is 16.0 Å². The molecule has 0 aliphatic carbocycles. The number of carboxylic acid groups (broad SMARTS) is 1. The number of hydrogen-bond acceptors (Lipinski definition) is 4. The highest BCUT2D eigenvalue weighted by Crippen LogP contribution is 2.32. The molecule has 0 aromatic heterocycles. The molecule has 1 amide bonds. The molecule has 0 radical (unpaired) electrons. The fraction of sp³-hybridized carbons (Fsp3) is 0.429. The lowest BCUT2D eigenvalue weighted by Crippen LogP contribution is -2.24. The van der Waals surface area contributed by atoms with Crippen LogP contribution in [0.25, 0.3) is 0 Å². The average Bonchev–Trinajstić information content (AvgIpc) is 2.82. The highest BCUT2D eigenvalue weighted by Gasteiger charge is 2.28. The van der Waals surface area contributed by atoms with Crippen LogP contribution in [0.5, 0.6) is 11.5 Å². The van der Waals surface area contributed by atoms with E-state index in [1.165, 1.54) is 0 Å². The number of rotatable bonds is 6. The maximum atomic E-state index is 11.3. The molecular weight excluding hydrogens is 262 g/mol. The molecule has 1 aliphatic heterocycles. The van der Waals surface area contributed by atoms with Gasteiger partial charge >= 0.3 is 5.97 Å². The minimum absolute atomic E-state index is 0.0594. The van der Waals surface area contributed by atoms with Gasteiger partial charge in [0.15, 0.2) is 6.10 Å². The van der Waals surface area contributed by atoms with E-state index in [4.69, 9.17) is 14.6 Å². The van der Waals surface area contributed by atoms with Gasteiger partial charge in [0, 0.05) is 19.0 Å². The lowest BCUT2D eigenvalue weighted by Gasteiger charge is -2.08. The van der Waals surface area contributed by atoms with Crippen LogP contribution in [0.1, 0.15) is 18.9 Å². The molecule has 6 heteroatoms. The Labute approximate surface area is 116 Å². The number of benzene rings is 1. The molecule has 0 fully saturated rings. The molecule has 0 saturated heterocycles. The number of hydrogen-bond donors (Lipinski definition) is 2. The van der Waals surface area contributed by atoms with Crippen molar-refractivity contribution in [3.63, 3.8) is 0 Å². The summed E-state index contributed by atoms with van der Waals surface area (Å²) >= 11 is 0. The first kappa shape index (κ1) is 14.2. The number of aliphatic carboxylic acids is 1. The zero-order chi connectivity index (χ0) is 14.5. The molecule has 1 atom stereocenters. The van der Waals surface area contributed by atoms with E-state index in [0.717, 1.165) is 5.56 Å². The lowest BCUT2D eigenvalue weighted by molar-refractivity contribution is -0.144. The highest BCUT2D eigenvalue weighted by molar-refractivity contribution is 5.76. The molecule has 6 nitrogen and oxygen atoms in total. The summed E-state index contributed by atoms with van der Waals surface area (Å²) in [5.41, 5.74) is 0.855. The third-order valence-electron chi connectivity index (χ3n) is 2.96. The fourth-order valence-corrected chi connectivity index (χ4v) is 1.98. The van der Waals surface area contributed by atoms with E-state index in [-0.39, 0.29) is 18.9 Å². The van der Waals surface area contributed by atoms with E-state index in [2.05, 4.69) is 5.32 Å². The summed E-state index contributed by atoms with van der Waals surface area (Å²) in [6.07, 6.45) is -0.177. The van der Waals surface area contributed by atoms with E-state index in [0.29, 0.717) is 24.5 Å². The van der Waals surface area contributed by atoms with Crippen molar-refractivity contribution >= 4 is 11.9 Å². The maximum absolute atomic E-state index is 11.3. The number of carboxylic acids is 1. The highest BCUT2D eigenvalue weighted by atomic mass is 16.5. The Bertz CT molecular complexity index is 514. The van der Waals surface area contributed by atoms with E-state index in [1.807, 2.05) is 6.92 Å². The third kappa shape index (κ3) is 3.40. The van der Waals surface area contributed by atoms with E-state index in [1.54, 1.807) is 18.2 Å². The zero-order valence-electron chi connectivity index (χ0n) is 11.2. The molecule has 0 saturated carbocycles. The van der Waals surface area contributed by atoms with Gasteiger partial charge in [-0.05, 0) is 18.6 Å². The minimum Gasteiger partial charge on any atom is -0.493 e. The van der Waals surface area contributed by atoms with Gasteiger partial charge < -0.3 is 19.9 Å². The normalized spacial score (nSPS) is 16.1. The molecule has 0 spiro atoms. The first-order valence-corrected chi connectivity index (χ1v) is 6.52. The molecule has 1 aromatic carbocycles. The smallest absolute Gasteiger partial charge is 0.345 e. The van der Waals surface area contributed by atoms with E-state index in [9.17, 15) is 9.59 Å². The van der Waals surface area contributed by atoms with Gasteiger partial charge in [0.05, 0.1) is 13.0 Å². The van der Waals surface area contributed by atoms with Crippen molar-refractivity contribution in [3.8, 4) is 11.5 Å². The largest absolute Gasteiger partial charge is 0.493 e. The van der Waals surface area contributed by atoms with Gasteiger partial charge in [0.2, 0.25) is 5.91 Å². The molecule has 2 rings (SSSR count). The predicted molar refractivity (Wildman–Crippen MR) is 71.0 cm³/mol. The summed E-state index contributed by atoms with van der Waals surface area (Å²) in [4.78, 5) is 22.1. The number of fused-ring (bicyclic) bond motifs is 1. The molecule has 108 valence electrons. The third-order valence-corrected chi connectivity index (χ3v) is 2.96. The Morgan fingerprint density at radius 1 is 1.50 bits per heavy atom. The summed E-state index contributed by atoms with van der Waals surface area (Å²) < 4.78 is 10.8. The first-order chi connectivity index (χ1) is 9.60. The van der Waals surface area contributed by atoms with Gasteiger partial charge in [-0.1, -0.05) is 6.07 Å². The van der Waals surface area contributed by atoms with Gasteiger partial charge in [0.25, 0.3) is 0 Å². The summed E-state index contributed by atoms with van der Waals surface area (Å²) in [5, 5.41) is 11.6. The summed E-state index contributed by atoms with van der Waals surface area (Å²) in [6.45, 7) is 2.73. The van der Waals surface area contributed by atoms with Crippen molar-refractivity contribution in [1.29, 1.82) is 0 Å². The second kappa shape index (κ2) is 6.27. The molecule has 20 heavy (non-hydrogen) atoms. The number of amides is 1. The second-order valence-corrected chi connectivity index (χ2v) is 4.47. The Morgan fingerprint density at radius 2 is 2.30 bits per heavy atom. The van der Waals surface area contributed by atoms with Crippen LogP contribution in [0.4, 0.5) is 0 Å². The molecule has 1 heterocycles. The monoisotopic (exact) mass is 279 g/mol. The minimum atomic E-state index is -0.972. The van der Waals surface area contributed by atoms with Crippen molar-refractivity contribution in [1.82, 2.24) is 5.32 Å². The molecule has 1 aliphatic rings. The van der Waals surface area contributed by atoms with Crippen LogP contribution >= 0.6 is 0 Å². The van der Waals surface area contributed by atoms with Gasteiger partial charge in [-0.15, -0.1) is 0 Å². The number of nitrogens with one attached hydrogen (secondary N) is 1. The predicted octanol–water partition coefficient (Wildman–Crippen LogP) is 0.980. The van der Waals surface area contributed by atoms with Gasteiger partial charge in [0.1, 0.15) is 11.5 Å². The first-order valence-electron chi connectivity index (χ1n) is 6.52. The summed E-state index contributed by atoms with van der Waals surface area (Å²) in [5.74, 6) is 0.0720. The Morgan fingerprint density at radius 3 is 3.00 bits per heavy atom. The van der Waals surface area contributed by atoms with Crippen LogP contribution in [0.2, 0.25) is 0 Å². The number of carbonyl (C=O) groups is 2. The Balaban J connectivity index is 1.88. The standard InChI is InChI=1S/C14H17NO5/c1-2-15-13(16)5-6-19-10-4-3-9-7-12(14(17)18)20-11(9)8-10/h3-4,8,12H,2,5-7H2,1H3,(H,15,16)(H,17,18). The molecule has 1 aromatic rings. The quantitative estimate of drug-likeness (QED) is 0.811. The SMILES string of the molecule is CCNC(=O)CCOc1ccc2c(c1)OC(C(=O)O)C2. The fourth-order valence-electron chi connectivity index (χ4n) is 1.98. The number of ether oxygens (including phenoxy) is 2. The topological polar surface area (TPSA) is 84.9 Å². The van der Waals surface area contributed by atoms with Crippen molar-refractivity contribution in [2.45, 2.75) is 25.9 Å². The zero-order valence-corrected chi connectivity index (χ0v) is 11.2. The van der Waals surface area contributed by atoms with Crippen molar-refractivity contribution in [3.05, 3.63) is 23.8 Å². The molecule has 2 N–H and O–H groups in total. The van der Waals surface area contributed by atoms with Crippen molar-refractivity contribution < 1.29 is 24.2 Å². The Hall–Kier alpha value is -2.24. The maximum Gasteiger partial charge on any atom is 0.345 e. The number of carbonyl (C=O) groups excluding carboxylic acids is 1. The van der Waals surface area contributed by atoms with Crippen LogP contribution in [0.15, 0.2) is 18.2 Å². The lowest BCUT2D eigenvalue weighted by atomic mass is 10.1. The molecule has 0 bridgehead atoms. The molecule has 1 unspecified atom stereocenters. The van der Waals surface area contributed by atoms with Crippen LogP contribution in [0.3, 0.4) is 0 Å². The summed E-state index contributed by atoms with van der Waals surface area (Å²) in [7, 11) is 0. The summed E-state index contributed by atoms with van der Waals surface area (Å²) in [6, 6.07) is 5.21. The second-order valence-electron chi connectivity index (χ2n) is 4.47. The van der Waals surface area contributed by atoms with Gasteiger partial charge in [-0.2, -0.15) is 0 Å². The van der Waals surface area contributed by atoms with Gasteiger partial charge in [-0.25, -0.2) is 4.79 Å². The van der Waals surface area contributed by atoms with Crippen LogP contribution < -0.4 is 14.8 Å². The average molecular weight is 279 g/mol. The van der Waals surface area contributed by atoms with Crippen LogP contribution in [0, 0.1) is 0 Å². The Kier molecular flexibility index (Phi) is 4.45. The van der Waals surface area contributed by atoms with E-state index < -0.39 is 12.1 Å². The van der Waals surface area contributed by atoms with Gasteiger partial charge in [-0.3, -0.25) is 4.79 Å². The van der Waals surface area contributed by atoms with E-state index >= 15 is 0 Å².